The Morgan fingerprint density at radius 1 is 0.192 bits per heavy atom. The standard InChI is InChI=1S/C100H58B2N2/c1-4-28-59(29-5-1)62-34-16-24-52-86(62)103-88-54-72-68-40-14-22-48-78(68)99(74-44-18-10-36-64(74)65-37-11-19-45-75(65)99)80(72)56-84(88)101-82-50-26-42-70-92(61-32-8-3-9-33-61)71-43-27-51-83-94(71)95(93(70)82)96-97(101)90(103)58-91-98(96)102(83)85-57-81-73(55-89(85)104(91)87-53-25-17-35-63(87)60-30-6-2-7-31-60)69-41-15-23-49-79(69)100(81)76-46-20-12-38-66(76)67-39-13-21-47-77(67)100/h1-58H. The molecule has 0 bridgehead atoms. The molecule has 0 N–H and O–H groups in total. The van der Waals surface area contributed by atoms with E-state index in [-0.39, 0.29) is 13.4 Å². The average molecular weight is 1310 g/mol. The fourth-order valence-electron chi connectivity index (χ4n) is 21.9. The molecular weight excluding hydrogens is 1250 g/mol. The number of nitrogens with zero attached hydrogens (tertiary/aromatic N) is 2. The highest BCUT2D eigenvalue weighted by atomic mass is 15.2. The molecule has 0 amide bonds. The lowest BCUT2D eigenvalue weighted by Crippen LogP contribution is -2.66. The highest BCUT2D eigenvalue weighted by Crippen LogP contribution is 2.66. The maximum Gasteiger partial charge on any atom is 0.248 e. The van der Waals surface area contributed by atoms with Gasteiger partial charge in [-0.2, -0.15) is 0 Å². The van der Waals surface area contributed by atoms with Crippen molar-refractivity contribution < 1.29 is 0 Å². The first-order valence-corrected chi connectivity index (χ1v) is 36.8. The van der Waals surface area contributed by atoms with Crippen LogP contribution in [0.25, 0.3) is 111 Å². The van der Waals surface area contributed by atoms with E-state index < -0.39 is 10.8 Å². The lowest BCUT2D eigenvalue weighted by atomic mass is 9.26. The molecule has 0 saturated carbocycles. The summed E-state index contributed by atoms with van der Waals surface area (Å²) in [5.74, 6) is 0. The quantitative estimate of drug-likeness (QED) is 0.125. The fourth-order valence-corrected chi connectivity index (χ4v) is 21.9. The molecule has 104 heavy (non-hydrogen) atoms. The molecule has 8 aliphatic rings. The van der Waals surface area contributed by atoms with Crippen LogP contribution in [0.15, 0.2) is 352 Å². The Balaban J connectivity index is 0.885. The van der Waals surface area contributed by atoms with Crippen molar-refractivity contribution in [2.75, 3.05) is 9.80 Å². The summed E-state index contributed by atoms with van der Waals surface area (Å²) in [6.07, 6.45) is 0. The van der Waals surface area contributed by atoms with E-state index in [1.54, 1.807) is 0 Å². The lowest BCUT2D eigenvalue weighted by Gasteiger charge is -2.48. The van der Waals surface area contributed by atoms with Crippen LogP contribution in [0.5, 0.6) is 0 Å². The van der Waals surface area contributed by atoms with Gasteiger partial charge in [0.25, 0.3) is 0 Å². The summed E-state index contributed by atoms with van der Waals surface area (Å²) in [6, 6.07) is 136. The van der Waals surface area contributed by atoms with Crippen LogP contribution in [0.4, 0.5) is 34.1 Å². The topological polar surface area (TPSA) is 6.48 Å². The van der Waals surface area contributed by atoms with Crippen LogP contribution in [0.1, 0.15) is 44.5 Å². The molecule has 4 heterocycles. The minimum atomic E-state index is -0.575. The summed E-state index contributed by atoms with van der Waals surface area (Å²) in [5.41, 5.74) is 45.1. The first-order chi connectivity index (χ1) is 51.7. The molecule has 4 aliphatic heterocycles. The van der Waals surface area contributed by atoms with Crippen molar-refractivity contribution in [2.45, 2.75) is 10.8 Å². The summed E-state index contributed by atoms with van der Waals surface area (Å²) in [5, 5.41) is 5.28. The van der Waals surface area contributed by atoms with Gasteiger partial charge >= 0.3 is 0 Å². The largest absolute Gasteiger partial charge is 0.311 e. The van der Waals surface area contributed by atoms with Gasteiger partial charge in [0.2, 0.25) is 13.4 Å². The molecule has 17 aromatic rings. The number of para-hydroxylation sites is 2. The molecule has 2 nitrogen and oxygen atoms in total. The second-order valence-corrected chi connectivity index (χ2v) is 29.8. The first-order valence-electron chi connectivity index (χ1n) is 36.8. The molecule has 4 heteroatoms. The molecule has 17 aromatic carbocycles. The zero-order valence-electron chi connectivity index (χ0n) is 56.5. The van der Waals surface area contributed by atoms with Crippen molar-refractivity contribution in [3.8, 4) is 89.0 Å². The number of hydrogen-bond acceptors (Lipinski definition) is 2. The zero-order valence-corrected chi connectivity index (χ0v) is 56.5. The monoisotopic (exact) mass is 1310 g/mol. The summed E-state index contributed by atoms with van der Waals surface area (Å²) in [7, 11) is 0. The second-order valence-electron chi connectivity index (χ2n) is 29.8. The van der Waals surface area contributed by atoms with Crippen LogP contribution < -0.4 is 42.6 Å². The molecule has 2 spiro atoms. The van der Waals surface area contributed by atoms with Crippen LogP contribution >= 0.6 is 0 Å². The van der Waals surface area contributed by atoms with E-state index in [1.165, 1.54) is 211 Å². The minimum absolute atomic E-state index is 0.197. The van der Waals surface area contributed by atoms with E-state index in [0.29, 0.717) is 0 Å². The Kier molecular flexibility index (Phi) is 10.7. The van der Waals surface area contributed by atoms with Gasteiger partial charge in [0.05, 0.1) is 22.2 Å². The lowest BCUT2D eigenvalue weighted by molar-refractivity contribution is 0.794. The SMILES string of the molecule is c1ccc(-c2ccccc2N2c3cc4c(cc3B3c5c2cc2c6c5-c5c7c3cccc7c(-c3ccccc3)c3cccc(c53)B6c3cc5c(cc3N2c2ccccc2-c2ccccc2)-c2ccccc2C52c3ccccc3-c3ccccc32)C2(c3ccccc3-c3ccccc32)c2ccccc2-4)cc1. The van der Waals surface area contributed by atoms with Crippen molar-refractivity contribution in [3.63, 3.8) is 0 Å². The van der Waals surface area contributed by atoms with Gasteiger partial charge in [0.15, 0.2) is 0 Å². The van der Waals surface area contributed by atoms with E-state index in [0.717, 1.165) is 11.4 Å². The summed E-state index contributed by atoms with van der Waals surface area (Å²) in [4.78, 5) is 5.49. The van der Waals surface area contributed by atoms with Crippen LogP contribution in [-0.2, 0) is 10.8 Å². The van der Waals surface area contributed by atoms with E-state index in [2.05, 4.69) is 362 Å². The van der Waals surface area contributed by atoms with Gasteiger partial charge < -0.3 is 9.80 Å². The molecule has 0 atom stereocenters. The van der Waals surface area contributed by atoms with Crippen LogP contribution in [0, 0.1) is 0 Å². The predicted molar refractivity (Wildman–Crippen MR) is 434 cm³/mol. The average Bonchev–Trinajstić information content (AvgIpc) is 0.875. The zero-order chi connectivity index (χ0) is 67.4. The van der Waals surface area contributed by atoms with Gasteiger partial charge in [-0.05, 0) is 196 Å². The van der Waals surface area contributed by atoms with Crippen molar-refractivity contribution >= 4 is 102 Å². The fraction of sp³-hybridized carbons (Fsp3) is 0.0200. The van der Waals surface area contributed by atoms with Crippen LogP contribution in [-0.4, -0.2) is 13.4 Å². The maximum absolute atomic E-state index is 2.75. The molecule has 4 aliphatic carbocycles. The minimum Gasteiger partial charge on any atom is -0.311 e. The second kappa shape index (κ2) is 20.0. The van der Waals surface area contributed by atoms with E-state index in [4.69, 9.17) is 0 Å². The first kappa shape index (κ1) is 55.7. The smallest absolute Gasteiger partial charge is 0.248 e. The highest BCUT2D eigenvalue weighted by molar-refractivity contribution is 7.05. The van der Waals surface area contributed by atoms with Gasteiger partial charge in [-0.25, -0.2) is 0 Å². The maximum atomic E-state index is 2.75. The predicted octanol–water partition coefficient (Wildman–Crippen LogP) is 20.6. The Labute approximate surface area is 603 Å². The Hall–Kier alpha value is -13.0. The molecule has 0 unspecified atom stereocenters. The molecule has 0 radical (unpaired) electrons. The Bertz CT molecular complexity index is 6300. The van der Waals surface area contributed by atoms with E-state index >= 15 is 0 Å². The number of benzene rings is 17. The molecule has 474 valence electrons. The molecule has 0 aromatic heterocycles. The highest BCUT2D eigenvalue weighted by Gasteiger charge is 2.57. The third-order valence-corrected chi connectivity index (χ3v) is 25.4. The Morgan fingerprint density at radius 2 is 0.510 bits per heavy atom. The molecule has 25 rings (SSSR count). The van der Waals surface area contributed by atoms with Gasteiger partial charge in [0, 0.05) is 33.9 Å². The van der Waals surface area contributed by atoms with Crippen molar-refractivity contribution in [2.24, 2.45) is 0 Å². The number of fused-ring (bicyclic) bond motifs is 26. The van der Waals surface area contributed by atoms with Crippen molar-refractivity contribution in [1.82, 2.24) is 0 Å². The van der Waals surface area contributed by atoms with Crippen molar-refractivity contribution in [3.05, 3.63) is 396 Å². The van der Waals surface area contributed by atoms with Crippen molar-refractivity contribution in [1.29, 1.82) is 0 Å². The van der Waals surface area contributed by atoms with Gasteiger partial charge in [0.1, 0.15) is 0 Å². The molecule has 0 fully saturated rings. The van der Waals surface area contributed by atoms with E-state index in [9.17, 15) is 0 Å². The Morgan fingerprint density at radius 3 is 0.885 bits per heavy atom. The molecule has 0 saturated heterocycles. The summed E-state index contributed by atoms with van der Waals surface area (Å²) < 4.78 is 0. The van der Waals surface area contributed by atoms with Gasteiger partial charge in [-0.1, -0.05) is 332 Å². The number of rotatable bonds is 5. The normalized spacial score (nSPS) is 14.6. The number of hydrogen-bond donors (Lipinski definition) is 0. The van der Waals surface area contributed by atoms with Crippen LogP contribution in [0.3, 0.4) is 0 Å². The third kappa shape index (κ3) is 6.60. The van der Waals surface area contributed by atoms with Gasteiger partial charge in [-0.15, -0.1) is 0 Å². The summed E-state index contributed by atoms with van der Waals surface area (Å²) >= 11 is 0. The van der Waals surface area contributed by atoms with Gasteiger partial charge in [-0.3, -0.25) is 0 Å². The van der Waals surface area contributed by atoms with E-state index in [1.807, 2.05) is 0 Å². The van der Waals surface area contributed by atoms with Crippen LogP contribution in [0.2, 0.25) is 0 Å². The summed E-state index contributed by atoms with van der Waals surface area (Å²) in [6.45, 7) is -0.394. The number of anilines is 6. The molecular formula is C100H58B2N2. The third-order valence-electron chi connectivity index (χ3n) is 25.4.